The van der Waals surface area contributed by atoms with Crippen molar-refractivity contribution in [3.8, 4) is 5.75 Å². The van der Waals surface area contributed by atoms with Crippen LogP contribution >= 0.6 is 0 Å². The maximum absolute atomic E-state index is 15.0. The summed E-state index contributed by atoms with van der Waals surface area (Å²) in [6.45, 7) is 24.7. The van der Waals surface area contributed by atoms with E-state index < -0.39 is 169 Å². The zero-order valence-electron chi connectivity index (χ0n) is 56.4. The number of aliphatic hydroxyl groups excluding tert-OH is 9. The van der Waals surface area contributed by atoms with Gasteiger partial charge in [0.05, 0.1) is 41.7 Å². The van der Waals surface area contributed by atoms with Gasteiger partial charge in [-0.05, 0) is 142 Å². The third-order valence-electron chi connectivity index (χ3n) is 27.2. The number of rotatable bonds is 10. The molecule has 0 amide bonds. The second-order valence-corrected chi connectivity index (χ2v) is 32.2. The van der Waals surface area contributed by atoms with E-state index in [1.54, 1.807) is 6.92 Å². The largest absolute Gasteiger partial charge is 0.507 e. The zero-order chi connectivity index (χ0) is 70.0. The average molecular weight is 1360 g/mol. The Bertz CT molecular complexity index is 3240. The minimum absolute atomic E-state index is 0.0538. The molecule has 0 unspecified atom stereocenters. The van der Waals surface area contributed by atoms with Gasteiger partial charge in [0, 0.05) is 24.1 Å². The molecule has 14 rings (SSSR count). The van der Waals surface area contributed by atoms with Gasteiger partial charge in [0.1, 0.15) is 90.7 Å². The molecule has 6 saturated carbocycles. The Kier molecular flexibility index (Phi) is 18.3. The highest BCUT2D eigenvalue weighted by molar-refractivity contribution is 5.92. The number of carbonyl (C=O) groups excluding carboxylic acids is 3. The summed E-state index contributed by atoms with van der Waals surface area (Å²) in [4.78, 5) is 50.0. The molecule has 0 aromatic heterocycles. The Morgan fingerprint density at radius 2 is 1.42 bits per heavy atom. The van der Waals surface area contributed by atoms with Crippen molar-refractivity contribution in [2.75, 3.05) is 18.9 Å². The highest BCUT2D eigenvalue weighted by Crippen LogP contribution is 2.78. The molecule has 1 spiro atoms. The van der Waals surface area contributed by atoms with Gasteiger partial charge in [-0.1, -0.05) is 78.7 Å². The molecule has 7 aliphatic carbocycles. The number of phenols is 1. The predicted molar refractivity (Wildman–Crippen MR) is 334 cm³/mol. The summed E-state index contributed by atoms with van der Waals surface area (Å²) in [6, 6.07) is 3.87. The number of aromatic hydroxyl groups is 1. The standard InChI is InChI=1S/C48H78O16.C15H16O6.C7H7NO3/c1-22-12-17-48(19-18-46(7)25(30(48)23(22)2)10-11-29-45(6)15-9-14-44(4,5)28(45)13-16-47(29,46)8)43(58)64-42-37(56)34(53)32(51)27(62-42)21-59-40-38(57)35(54)39(26(20-49)61-40)63-41-36(55)33(52)31(50)24(3)60-41;1-5(2)7-8-11(16)19-9(7)10-13(3)14(8,18)4-6-15(13,21-6)12(17)20-10;8-4-1-2-5(7(10)11)6(9)3-4/h10,22-24,26-42,49-57H,9,11-21H2,1-8H3;6-10,18H,1,4H2,2-3H3;1-3,9H,8H2,(H,10,11)/t22-,23+,24+,26-,27-,28+,29-,30+,31+,32-,33-,34+,35-,36-,37-,38-,39-,40-,41+,42+,45+,46-,47-,48+;6-,7+,8-,9-,10-,13-,14-,15+;/m11./s1. The van der Waals surface area contributed by atoms with Gasteiger partial charge in [0.15, 0.2) is 18.7 Å². The summed E-state index contributed by atoms with van der Waals surface area (Å²) in [5.74, 6) is -2.18. The molecular weight excluding hydrogens is 1250 g/mol. The number of anilines is 1. The molecule has 536 valence electrons. The fourth-order valence-electron chi connectivity index (χ4n) is 21.5. The normalized spacial score (nSPS) is 51.2. The Morgan fingerprint density at radius 3 is 2.08 bits per heavy atom. The van der Waals surface area contributed by atoms with Crippen molar-refractivity contribution >= 4 is 29.6 Å². The van der Waals surface area contributed by atoms with Crippen molar-refractivity contribution < 1.29 is 123 Å². The summed E-state index contributed by atoms with van der Waals surface area (Å²) < 4.78 is 51.5. The molecule has 96 heavy (non-hydrogen) atoms. The molecule has 6 heterocycles. The van der Waals surface area contributed by atoms with Crippen LogP contribution in [0, 0.1) is 73.9 Å². The minimum atomic E-state index is -1.82. The van der Waals surface area contributed by atoms with Crippen LogP contribution in [0.3, 0.4) is 0 Å². The molecule has 0 radical (unpaired) electrons. The summed E-state index contributed by atoms with van der Waals surface area (Å²) >= 11 is 0. The lowest BCUT2D eigenvalue weighted by molar-refractivity contribution is -0.361. The number of aliphatic hydroxyl groups is 10. The first-order chi connectivity index (χ1) is 44.9. The fraction of sp³-hybridized carbons (Fsp3) is 0.800. The van der Waals surface area contributed by atoms with Crippen LogP contribution < -0.4 is 5.73 Å². The molecule has 14 N–H and O–H groups in total. The lowest BCUT2D eigenvalue weighted by Crippen LogP contribution is -2.66. The molecule has 13 aliphatic rings. The number of allylic oxidation sites excluding steroid dienone is 2. The van der Waals surface area contributed by atoms with Crippen LogP contribution in [0.25, 0.3) is 0 Å². The highest BCUT2D eigenvalue weighted by Gasteiger charge is 2.95. The number of hydrogen-bond donors (Lipinski definition) is 13. The van der Waals surface area contributed by atoms with E-state index in [2.05, 4.69) is 61.1 Å². The molecule has 2 bridgehead atoms. The molecule has 12 fully saturated rings. The van der Waals surface area contributed by atoms with Crippen LogP contribution in [0.4, 0.5) is 5.69 Å². The Labute approximate surface area is 558 Å². The number of hydrogen-bond acceptors (Lipinski definition) is 25. The number of benzene rings is 1. The quantitative estimate of drug-likeness (QED) is 0.0526. The number of esters is 3. The maximum Gasteiger partial charge on any atom is 0.342 e. The number of fused-ring (bicyclic) bond motifs is 11. The molecule has 1 aromatic rings. The first-order valence-corrected chi connectivity index (χ1v) is 34.4. The summed E-state index contributed by atoms with van der Waals surface area (Å²) in [5.41, 5.74) is 3.83. The summed E-state index contributed by atoms with van der Waals surface area (Å²) in [7, 11) is 0. The number of carboxylic acids is 1. The second kappa shape index (κ2) is 24.7. The fourth-order valence-corrected chi connectivity index (χ4v) is 21.5. The highest BCUT2D eigenvalue weighted by atomic mass is 16.8. The van der Waals surface area contributed by atoms with Gasteiger partial charge in [-0.3, -0.25) is 9.59 Å². The third-order valence-corrected chi connectivity index (χ3v) is 27.2. The van der Waals surface area contributed by atoms with Gasteiger partial charge >= 0.3 is 23.9 Å². The molecule has 26 heteroatoms. The maximum atomic E-state index is 15.0. The number of nitrogens with two attached hydrogens (primary N) is 1. The van der Waals surface area contributed by atoms with Crippen molar-refractivity contribution in [1.29, 1.82) is 0 Å². The number of epoxide rings is 1. The van der Waals surface area contributed by atoms with E-state index in [1.807, 2.05) is 6.92 Å². The van der Waals surface area contributed by atoms with E-state index in [9.17, 15) is 70.2 Å². The third kappa shape index (κ3) is 10.3. The van der Waals surface area contributed by atoms with Crippen LogP contribution in [0.15, 0.2) is 42.0 Å². The molecule has 32 atom stereocenters. The topological polar surface area (TPSA) is 423 Å². The van der Waals surface area contributed by atoms with E-state index in [-0.39, 0.29) is 57.8 Å². The van der Waals surface area contributed by atoms with Crippen molar-refractivity contribution in [2.24, 2.45) is 73.9 Å². The second-order valence-electron chi connectivity index (χ2n) is 32.2. The van der Waals surface area contributed by atoms with Crippen LogP contribution in [0.5, 0.6) is 5.75 Å². The lowest BCUT2D eigenvalue weighted by Gasteiger charge is -2.71. The van der Waals surface area contributed by atoms with Crippen LogP contribution in [-0.4, -0.2) is 220 Å². The van der Waals surface area contributed by atoms with Crippen molar-refractivity contribution in [1.82, 2.24) is 0 Å². The Morgan fingerprint density at radius 1 is 0.750 bits per heavy atom. The molecular formula is C70H101NO25. The number of nitrogen functional groups attached to an aromatic ring is 1. The van der Waals surface area contributed by atoms with Gasteiger partial charge in [-0.2, -0.15) is 0 Å². The van der Waals surface area contributed by atoms with E-state index in [1.165, 1.54) is 56.4 Å². The van der Waals surface area contributed by atoms with Crippen molar-refractivity contribution in [3.63, 3.8) is 0 Å². The summed E-state index contributed by atoms with van der Waals surface area (Å²) in [6.07, 6.45) is -12.6. The number of carboxylic acid groups (broad SMARTS) is 1. The van der Waals surface area contributed by atoms with Gasteiger partial charge < -0.3 is 110 Å². The first kappa shape index (κ1) is 71.4. The average Bonchev–Trinajstić information content (AvgIpc) is 1.44. The summed E-state index contributed by atoms with van der Waals surface area (Å²) in [5, 5.41) is 125. The van der Waals surface area contributed by atoms with E-state index in [4.69, 9.17) is 58.6 Å². The Hall–Kier alpha value is -4.46. The van der Waals surface area contributed by atoms with Gasteiger partial charge in [-0.15, -0.1) is 0 Å². The molecule has 1 aromatic carbocycles. The Balaban J connectivity index is 0.000000221. The predicted octanol–water partition coefficient (Wildman–Crippen LogP) is 2.66. The van der Waals surface area contributed by atoms with Crippen molar-refractivity contribution in [3.05, 3.63) is 47.6 Å². The monoisotopic (exact) mass is 1360 g/mol. The van der Waals surface area contributed by atoms with Crippen molar-refractivity contribution in [2.45, 2.75) is 261 Å². The van der Waals surface area contributed by atoms with Crippen LogP contribution in [0.2, 0.25) is 0 Å². The van der Waals surface area contributed by atoms with Gasteiger partial charge in [-0.25, -0.2) is 9.59 Å². The SMILES string of the molecule is C=C(C)[C@@H]1[C@H]2OC(=O)[C@@H]1[C@]1(O)C[C@H]3O[C@]34C(=O)O[C@H]2[C@]14C.C[C@H]1[C@H](C)CC[C@]2(C(=O)O[C@@H]3O[C@H](CO[C@@H]4O[C@H](CO)[C@@H](O[C@@H]5O[C@@H](C)[C@H](O)[C@@H](O)[C@H]5O)[C@H](O)[C@H]4O)[C@@H](O)[C@H](O)[C@H]3O)CC[C@]3(C)C(=CC[C@@H]4[C@@]5(C)CCCC(C)(C)[C@@H]5CC[C@]43C)[C@H]12.Nc1ccc(C(=O)O)c(O)c1. The van der Waals surface area contributed by atoms with E-state index in [0.717, 1.165) is 31.3 Å². The smallest absolute Gasteiger partial charge is 0.342 e. The molecule has 6 aliphatic heterocycles. The zero-order valence-corrected chi connectivity index (χ0v) is 56.4. The van der Waals surface area contributed by atoms with E-state index in [0.29, 0.717) is 41.7 Å². The van der Waals surface area contributed by atoms with E-state index >= 15 is 0 Å². The van der Waals surface area contributed by atoms with Crippen LogP contribution in [0.1, 0.15) is 150 Å². The molecule has 6 saturated heterocycles. The van der Waals surface area contributed by atoms with Crippen LogP contribution in [-0.2, 0) is 57.0 Å². The first-order valence-electron chi connectivity index (χ1n) is 34.4. The number of carbonyl (C=O) groups is 4. The number of aromatic carboxylic acids is 1. The minimum Gasteiger partial charge on any atom is -0.507 e. The van der Waals surface area contributed by atoms with Gasteiger partial charge in [0.25, 0.3) is 0 Å². The number of ether oxygens (including phenoxy) is 9. The lowest BCUT2D eigenvalue weighted by atomic mass is 9.33. The molecule has 26 nitrogen and oxygen atoms in total. The van der Waals surface area contributed by atoms with Gasteiger partial charge in [0.2, 0.25) is 11.9 Å².